The van der Waals surface area contributed by atoms with Crippen LogP contribution in [-0.4, -0.2) is 46.9 Å². The number of carbonyl (C=O) groups excluding carboxylic acids is 1. The number of rotatable bonds is 6. The molecule has 1 rings (SSSR count). The average Bonchev–Trinajstić information content (AvgIpc) is 2.74. The van der Waals surface area contributed by atoms with Crippen molar-refractivity contribution < 1.29 is 24.5 Å². The number of aliphatic hydroxyl groups excluding tert-OH is 1. The van der Waals surface area contributed by atoms with Gasteiger partial charge in [-0.3, -0.25) is 4.79 Å². The Hall–Kier alpha value is -1.14. The molecule has 1 saturated heterocycles. The molecule has 0 saturated carbocycles. The molecule has 0 aliphatic carbocycles. The molecule has 1 aliphatic rings. The highest BCUT2D eigenvalue weighted by molar-refractivity contribution is 5.83. The van der Waals surface area contributed by atoms with Crippen molar-refractivity contribution in [3.05, 3.63) is 0 Å². The summed E-state index contributed by atoms with van der Waals surface area (Å²) in [7, 11) is 0. The molecule has 0 aromatic heterocycles. The van der Waals surface area contributed by atoms with Gasteiger partial charge < -0.3 is 20.3 Å². The number of carboxylic acids is 1. The van der Waals surface area contributed by atoms with E-state index in [9.17, 15) is 14.7 Å². The SMILES string of the molecule is CC(O)C(NC(=O)CCC1CCCO1)C(=O)O. The van der Waals surface area contributed by atoms with Crippen molar-refractivity contribution in [1.29, 1.82) is 0 Å². The van der Waals surface area contributed by atoms with E-state index in [1.165, 1.54) is 6.92 Å². The van der Waals surface area contributed by atoms with Crippen molar-refractivity contribution in [3.8, 4) is 0 Å². The Labute approximate surface area is 100.0 Å². The van der Waals surface area contributed by atoms with E-state index in [0.717, 1.165) is 19.4 Å². The second-order valence-electron chi connectivity index (χ2n) is 4.30. The smallest absolute Gasteiger partial charge is 0.328 e. The van der Waals surface area contributed by atoms with Gasteiger partial charge in [0, 0.05) is 13.0 Å². The average molecular weight is 245 g/mol. The van der Waals surface area contributed by atoms with Gasteiger partial charge in [0.2, 0.25) is 5.91 Å². The zero-order chi connectivity index (χ0) is 12.8. The number of aliphatic carboxylic acids is 1. The van der Waals surface area contributed by atoms with Crippen molar-refractivity contribution >= 4 is 11.9 Å². The highest BCUT2D eigenvalue weighted by atomic mass is 16.5. The van der Waals surface area contributed by atoms with Crippen LogP contribution in [0.3, 0.4) is 0 Å². The van der Waals surface area contributed by atoms with Crippen LogP contribution in [-0.2, 0) is 14.3 Å². The van der Waals surface area contributed by atoms with Crippen LogP contribution < -0.4 is 5.32 Å². The molecular formula is C11H19NO5. The van der Waals surface area contributed by atoms with E-state index in [-0.39, 0.29) is 18.4 Å². The Morgan fingerprint density at radius 2 is 2.24 bits per heavy atom. The molecule has 1 aliphatic heterocycles. The summed E-state index contributed by atoms with van der Waals surface area (Å²) in [5, 5.41) is 20.3. The number of carbonyl (C=O) groups is 2. The highest BCUT2D eigenvalue weighted by Crippen LogP contribution is 2.16. The lowest BCUT2D eigenvalue weighted by molar-refractivity contribution is -0.144. The number of amides is 1. The molecule has 3 atom stereocenters. The molecule has 1 heterocycles. The minimum Gasteiger partial charge on any atom is -0.480 e. The van der Waals surface area contributed by atoms with Crippen molar-refractivity contribution in [2.45, 2.75) is 50.9 Å². The van der Waals surface area contributed by atoms with Gasteiger partial charge in [-0.15, -0.1) is 0 Å². The van der Waals surface area contributed by atoms with Gasteiger partial charge in [-0.25, -0.2) is 4.79 Å². The molecule has 98 valence electrons. The number of nitrogens with one attached hydrogen (secondary N) is 1. The number of carboxylic acid groups (broad SMARTS) is 1. The van der Waals surface area contributed by atoms with E-state index >= 15 is 0 Å². The fourth-order valence-electron chi connectivity index (χ4n) is 1.80. The molecule has 1 amide bonds. The summed E-state index contributed by atoms with van der Waals surface area (Å²) in [6, 6.07) is -1.24. The van der Waals surface area contributed by atoms with E-state index in [2.05, 4.69) is 5.32 Å². The molecule has 3 N–H and O–H groups in total. The van der Waals surface area contributed by atoms with E-state index in [1.807, 2.05) is 0 Å². The Kier molecular flexibility index (Phi) is 5.37. The van der Waals surface area contributed by atoms with Crippen LogP contribution in [0.5, 0.6) is 0 Å². The number of aliphatic hydroxyl groups is 1. The minimum absolute atomic E-state index is 0.107. The summed E-state index contributed by atoms with van der Waals surface area (Å²) in [5.41, 5.74) is 0. The van der Waals surface area contributed by atoms with Crippen LogP contribution in [0, 0.1) is 0 Å². The fourth-order valence-corrected chi connectivity index (χ4v) is 1.80. The second-order valence-corrected chi connectivity index (χ2v) is 4.30. The zero-order valence-corrected chi connectivity index (χ0v) is 9.89. The first-order chi connectivity index (χ1) is 8.00. The van der Waals surface area contributed by atoms with Crippen LogP contribution in [0.25, 0.3) is 0 Å². The van der Waals surface area contributed by atoms with Crippen LogP contribution in [0.15, 0.2) is 0 Å². The van der Waals surface area contributed by atoms with E-state index in [1.54, 1.807) is 0 Å². The first-order valence-electron chi connectivity index (χ1n) is 5.82. The fraction of sp³-hybridized carbons (Fsp3) is 0.818. The predicted octanol–water partition coefficient (Wildman–Crippen LogP) is -0.104. The van der Waals surface area contributed by atoms with Crippen molar-refractivity contribution in [3.63, 3.8) is 0 Å². The molecule has 0 radical (unpaired) electrons. The van der Waals surface area contributed by atoms with Gasteiger partial charge in [0.1, 0.15) is 0 Å². The van der Waals surface area contributed by atoms with Crippen LogP contribution in [0.4, 0.5) is 0 Å². The topological polar surface area (TPSA) is 95.9 Å². The largest absolute Gasteiger partial charge is 0.480 e. The highest BCUT2D eigenvalue weighted by Gasteiger charge is 2.25. The standard InChI is InChI=1S/C11H19NO5/c1-7(13)10(11(15)16)12-9(14)5-4-8-3-2-6-17-8/h7-8,10,13H,2-6H2,1H3,(H,12,14)(H,15,16). The lowest BCUT2D eigenvalue weighted by Crippen LogP contribution is -2.47. The molecule has 0 aromatic carbocycles. The first-order valence-corrected chi connectivity index (χ1v) is 5.82. The van der Waals surface area contributed by atoms with Crippen LogP contribution >= 0.6 is 0 Å². The normalized spacial score (nSPS) is 23.1. The van der Waals surface area contributed by atoms with Crippen molar-refractivity contribution in [2.24, 2.45) is 0 Å². The molecule has 6 nitrogen and oxygen atoms in total. The summed E-state index contributed by atoms with van der Waals surface area (Å²) in [6.07, 6.45) is 1.78. The van der Waals surface area contributed by atoms with Gasteiger partial charge in [-0.2, -0.15) is 0 Å². The lowest BCUT2D eigenvalue weighted by atomic mass is 10.1. The van der Waals surface area contributed by atoms with E-state index in [4.69, 9.17) is 9.84 Å². The molecule has 0 spiro atoms. The van der Waals surface area contributed by atoms with Gasteiger partial charge in [0.05, 0.1) is 12.2 Å². The van der Waals surface area contributed by atoms with E-state index in [0.29, 0.717) is 6.42 Å². The summed E-state index contributed by atoms with van der Waals surface area (Å²) in [4.78, 5) is 22.2. The number of hydrogen-bond donors (Lipinski definition) is 3. The quantitative estimate of drug-likeness (QED) is 0.607. The number of hydrogen-bond acceptors (Lipinski definition) is 4. The lowest BCUT2D eigenvalue weighted by Gasteiger charge is -2.17. The third-order valence-corrected chi connectivity index (χ3v) is 2.78. The van der Waals surface area contributed by atoms with Gasteiger partial charge in [0.15, 0.2) is 6.04 Å². The summed E-state index contributed by atoms with van der Waals surface area (Å²) in [5.74, 6) is -1.60. The van der Waals surface area contributed by atoms with E-state index < -0.39 is 18.1 Å². The predicted molar refractivity (Wildman–Crippen MR) is 59.5 cm³/mol. The maximum absolute atomic E-state index is 11.5. The second kappa shape index (κ2) is 6.56. The first kappa shape index (κ1) is 13.9. The molecule has 0 bridgehead atoms. The molecule has 17 heavy (non-hydrogen) atoms. The monoisotopic (exact) mass is 245 g/mol. The number of ether oxygens (including phenoxy) is 1. The molecular weight excluding hydrogens is 226 g/mol. The van der Waals surface area contributed by atoms with Crippen LogP contribution in [0.1, 0.15) is 32.6 Å². The van der Waals surface area contributed by atoms with Crippen molar-refractivity contribution in [1.82, 2.24) is 5.32 Å². The minimum atomic E-state index is -1.24. The maximum atomic E-state index is 11.5. The summed E-state index contributed by atoms with van der Waals surface area (Å²) in [6.45, 7) is 2.07. The molecule has 0 aromatic rings. The Bertz CT molecular complexity index is 273. The van der Waals surface area contributed by atoms with Crippen molar-refractivity contribution in [2.75, 3.05) is 6.61 Å². The third kappa shape index (κ3) is 4.70. The Morgan fingerprint density at radius 3 is 2.71 bits per heavy atom. The molecule has 6 heteroatoms. The Balaban J connectivity index is 2.29. The Morgan fingerprint density at radius 1 is 1.53 bits per heavy atom. The molecule has 1 fully saturated rings. The zero-order valence-electron chi connectivity index (χ0n) is 9.89. The maximum Gasteiger partial charge on any atom is 0.328 e. The van der Waals surface area contributed by atoms with Gasteiger partial charge in [-0.05, 0) is 26.2 Å². The van der Waals surface area contributed by atoms with Gasteiger partial charge >= 0.3 is 5.97 Å². The third-order valence-electron chi connectivity index (χ3n) is 2.78. The summed E-state index contributed by atoms with van der Waals surface area (Å²) >= 11 is 0. The van der Waals surface area contributed by atoms with Gasteiger partial charge in [-0.1, -0.05) is 0 Å². The molecule has 3 unspecified atom stereocenters. The summed E-state index contributed by atoms with van der Waals surface area (Å²) < 4.78 is 5.36. The van der Waals surface area contributed by atoms with Crippen LogP contribution in [0.2, 0.25) is 0 Å². The van der Waals surface area contributed by atoms with Gasteiger partial charge in [0.25, 0.3) is 0 Å².